The number of hydrogen-bond donors (Lipinski definition) is 1. The largest absolute Gasteiger partial charge is 0.318 e. The number of halogens is 1. The highest BCUT2D eigenvalue weighted by Crippen LogP contribution is 2.41. The smallest absolute Gasteiger partial charge is 0.244 e. The molecule has 3 aromatic heterocycles. The molecule has 0 spiro atoms. The molecule has 0 unspecified atom stereocenters. The molecule has 154 valence electrons. The number of aromatic nitrogens is 4. The van der Waals surface area contributed by atoms with Gasteiger partial charge in [-0.1, -0.05) is 11.6 Å². The molecule has 2 saturated carbocycles. The van der Waals surface area contributed by atoms with Gasteiger partial charge in [0.15, 0.2) is 5.82 Å². The zero-order chi connectivity index (χ0) is 21.1. The molecule has 0 radical (unpaired) electrons. The maximum absolute atomic E-state index is 12.6. The van der Waals surface area contributed by atoms with Gasteiger partial charge >= 0.3 is 0 Å². The quantitative estimate of drug-likeness (QED) is 0.646. The van der Waals surface area contributed by atoms with Gasteiger partial charge in [-0.2, -0.15) is 5.26 Å². The lowest BCUT2D eigenvalue weighted by Crippen LogP contribution is -2.34. The molecule has 1 N–H and O–H groups in total. The summed E-state index contributed by atoms with van der Waals surface area (Å²) in [5.74, 6) is 0.296. The van der Waals surface area contributed by atoms with Crippen LogP contribution in [0.5, 0.6) is 0 Å². The zero-order valence-electron chi connectivity index (χ0n) is 16.3. The topological polar surface area (TPSA) is 114 Å². The van der Waals surface area contributed by atoms with Gasteiger partial charge < -0.3 is 4.57 Å². The number of hydrogen-bond acceptors (Lipinski definition) is 6. The van der Waals surface area contributed by atoms with Gasteiger partial charge in [0.2, 0.25) is 10.0 Å². The molecule has 8 nitrogen and oxygen atoms in total. The first-order valence-corrected chi connectivity index (χ1v) is 11.6. The first-order chi connectivity index (χ1) is 14.3. The molecule has 0 aliphatic heterocycles. The SMILES string of the molecule is CC1(NS(=O)(=O)c2cnc(-c3c(C#N)c4cc(Cl)cnc4n3C3CCC3)nc2)CC1. The zero-order valence-corrected chi connectivity index (χ0v) is 17.8. The predicted molar refractivity (Wildman–Crippen MR) is 111 cm³/mol. The number of nitriles is 1. The van der Waals surface area contributed by atoms with Crippen molar-refractivity contribution in [1.29, 1.82) is 5.26 Å². The third-order valence-corrected chi connectivity index (χ3v) is 7.69. The number of pyridine rings is 1. The van der Waals surface area contributed by atoms with Crippen molar-refractivity contribution in [3.8, 4) is 17.6 Å². The molecule has 2 aliphatic rings. The highest BCUT2D eigenvalue weighted by molar-refractivity contribution is 7.89. The lowest BCUT2D eigenvalue weighted by atomic mass is 9.92. The molecule has 10 heteroatoms. The number of nitrogens with zero attached hydrogens (tertiary/aromatic N) is 5. The molecular weight excluding hydrogens is 424 g/mol. The summed E-state index contributed by atoms with van der Waals surface area (Å²) in [6, 6.07) is 4.16. The summed E-state index contributed by atoms with van der Waals surface area (Å²) in [7, 11) is -3.70. The maximum atomic E-state index is 12.6. The van der Waals surface area contributed by atoms with Gasteiger partial charge in [-0.3, -0.25) is 0 Å². The van der Waals surface area contributed by atoms with E-state index in [1.807, 2.05) is 11.5 Å². The molecule has 2 aliphatic carbocycles. The summed E-state index contributed by atoms with van der Waals surface area (Å²) in [4.78, 5) is 13.1. The second kappa shape index (κ2) is 6.74. The van der Waals surface area contributed by atoms with Crippen LogP contribution in [0.25, 0.3) is 22.6 Å². The van der Waals surface area contributed by atoms with Crippen molar-refractivity contribution in [3.63, 3.8) is 0 Å². The van der Waals surface area contributed by atoms with Crippen LogP contribution < -0.4 is 4.72 Å². The van der Waals surface area contributed by atoms with Crippen LogP contribution in [0.2, 0.25) is 5.02 Å². The molecule has 0 amide bonds. The fraction of sp³-hybridized carbons (Fsp3) is 0.400. The number of fused-ring (bicyclic) bond motifs is 1. The third kappa shape index (κ3) is 3.16. The van der Waals surface area contributed by atoms with Crippen molar-refractivity contribution in [2.24, 2.45) is 0 Å². The maximum Gasteiger partial charge on any atom is 0.244 e. The Kier molecular flexibility index (Phi) is 4.36. The fourth-order valence-electron chi connectivity index (χ4n) is 3.75. The van der Waals surface area contributed by atoms with Crippen molar-refractivity contribution >= 4 is 32.7 Å². The van der Waals surface area contributed by atoms with E-state index in [9.17, 15) is 13.7 Å². The van der Waals surface area contributed by atoms with E-state index in [1.54, 1.807) is 12.3 Å². The second-order valence-corrected chi connectivity index (χ2v) is 10.3. The average Bonchev–Trinajstić information content (AvgIpc) is 3.30. The van der Waals surface area contributed by atoms with Gasteiger partial charge in [0, 0.05) is 23.2 Å². The van der Waals surface area contributed by atoms with Crippen LogP contribution in [-0.4, -0.2) is 33.5 Å². The monoisotopic (exact) mass is 442 g/mol. The summed E-state index contributed by atoms with van der Waals surface area (Å²) in [6.45, 7) is 1.87. The van der Waals surface area contributed by atoms with Crippen LogP contribution in [0.3, 0.4) is 0 Å². The number of sulfonamides is 1. The highest BCUT2D eigenvalue weighted by Gasteiger charge is 2.41. The van der Waals surface area contributed by atoms with E-state index in [0.29, 0.717) is 33.1 Å². The van der Waals surface area contributed by atoms with E-state index >= 15 is 0 Å². The summed E-state index contributed by atoms with van der Waals surface area (Å²) in [5.41, 5.74) is 1.23. The molecule has 0 aromatic carbocycles. The Balaban J connectivity index is 1.63. The van der Waals surface area contributed by atoms with Crippen LogP contribution in [0.15, 0.2) is 29.6 Å². The van der Waals surface area contributed by atoms with E-state index in [2.05, 4.69) is 25.7 Å². The van der Waals surface area contributed by atoms with Crippen LogP contribution in [0.1, 0.15) is 50.6 Å². The highest BCUT2D eigenvalue weighted by atomic mass is 35.5. The molecule has 0 atom stereocenters. The number of nitrogens with one attached hydrogen (secondary N) is 1. The van der Waals surface area contributed by atoms with Crippen LogP contribution in [0.4, 0.5) is 0 Å². The molecular formula is C20H19ClN6O2S. The standard InChI is InChI=1S/C20H19ClN6O2S/c1-20(5-6-20)26-30(28,29)14-10-23-18(24-11-14)17-16(8-22)15-7-12(21)9-25-19(15)27(17)13-3-2-4-13/h7,9-11,13,26H,2-6H2,1H3. The molecule has 5 rings (SSSR count). The van der Waals surface area contributed by atoms with Crippen molar-refractivity contribution in [3.05, 3.63) is 35.2 Å². The third-order valence-electron chi connectivity index (χ3n) is 5.89. The van der Waals surface area contributed by atoms with Gasteiger partial charge in [-0.15, -0.1) is 0 Å². The molecule has 2 fully saturated rings. The second-order valence-electron chi connectivity index (χ2n) is 8.22. The summed E-state index contributed by atoms with van der Waals surface area (Å²) in [6.07, 6.45) is 8.82. The minimum atomic E-state index is -3.70. The van der Waals surface area contributed by atoms with Crippen molar-refractivity contribution in [1.82, 2.24) is 24.2 Å². The van der Waals surface area contributed by atoms with Crippen LogP contribution in [0, 0.1) is 11.3 Å². The normalized spacial score (nSPS) is 18.2. The lowest BCUT2D eigenvalue weighted by molar-refractivity contribution is 0.322. The first kappa shape index (κ1) is 19.4. The molecule has 3 aromatic rings. The van der Waals surface area contributed by atoms with Gasteiger partial charge in [0.05, 0.1) is 23.0 Å². The Morgan fingerprint density at radius 3 is 2.50 bits per heavy atom. The minimum absolute atomic E-state index is 0.00496. The van der Waals surface area contributed by atoms with Gasteiger partial charge in [0.25, 0.3) is 0 Å². The molecule has 0 saturated heterocycles. The van der Waals surface area contributed by atoms with Gasteiger partial charge in [-0.25, -0.2) is 28.1 Å². The van der Waals surface area contributed by atoms with E-state index in [1.165, 1.54) is 12.4 Å². The summed E-state index contributed by atoms with van der Waals surface area (Å²) >= 11 is 6.13. The van der Waals surface area contributed by atoms with Crippen molar-refractivity contribution in [2.45, 2.75) is 55.5 Å². The summed E-state index contributed by atoms with van der Waals surface area (Å²) < 4.78 is 29.9. The summed E-state index contributed by atoms with van der Waals surface area (Å²) in [5, 5.41) is 11.0. The van der Waals surface area contributed by atoms with E-state index < -0.39 is 10.0 Å². The molecule has 0 bridgehead atoms. The van der Waals surface area contributed by atoms with Crippen LogP contribution >= 0.6 is 11.6 Å². The Morgan fingerprint density at radius 1 is 1.23 bits per heavy atom. The Labute approximate surface area is 179 Å². The van der Waals surface area contributed by atoms with Gasteiger partial charge in [-0.05, 0) is 45.1 Å². The fourth-order valence-corrected chi connectivity index (χ4v) is 5.26. The van der Waals surface area contributed by atoms with Gasteiger partial charge in [0.1, 0.15) is 22.3 Å². The lowest BCUT2D eigenvalue weighted by Gasteiger charge is -2.29. The van der Waals surface area contributed by atoms with E-state index in [4.69, 9.17) is 11.6 Å². The van der Waals surface area contributed by atoms with Crippen molar-refractivity contribution in [2.75, 3.05) is 0 Å². The molecule has 3 heterocycles. The Bertz CT molecular complexity index is 1300. The first-order valence-electron chi connectivity index (χ1n) is 9.77. The van der Waals surface area contributed by atoms with E-state index in [0.717, 1.165) is 32.1 Å². The Morgan fingerprint density at radius 2 is 1.93 bits per heavy atom. The van der Waals surface area contributed by atoms with Crippen LogP contribution in [-0.2, 0) is 10.0 Å². The predicted octanol–water partition coefficient (Wildman–Crippen LogP) is 3.57. The number of rotatable bonds is 5. The Hall–Kier alpha value is -2.54. The molecule has 30 heavy (non-hydrogen) atoms. The average molecular weight is 443 g/mol. The minimum Gasteiger partial charge on any atom is -0.318 e. The van der Waals surface area contributed by atoms with E-state index in [-0.39, 0.29) is 16.5 Å². The van der Waals surface area contributed by atoms with Crippen molar-refractivity contribution < 1.29 is 8.42 Å².